The minimum absolute atomic E-state index is 0.133. The van der Waals surface area contributed by atoms with Gasteiger partial charge in [-0.1, -0.05) is 19.6 Å². The lowest BCUT2D eigenvalue weighted by Crippen LogP contribution is -2.45. The van der Waals surface area contributed by atoms with E-state index >= 15 is 0 Å². The van der Waals surface area contributed by atoms with Gasteiger partial charge in [-0.25, -0.2) is 0 Å². The number of hydrogen-bond acceptors (Lipinski definition) is 3. The Morgan fingerprint density at radius 3 is 2.40 bits per heavy atom. The molecule has 0 aromatic carbocycles. The molecule has 1 saturated carbocycles. The van der Waals surface area contributed by atoms with Crippen molar-refractivity contribution in [3.05, 3.63) is 0 Å². The Kier molecular flexibility index (Phi) is 3.61. The average Bonchev–Trinajstić information content (AvgIpc) is 1.99. The summed E-state index contributed by atoms with van der Waals surface area (Å²) in [6.45, 7) is 9.19. The Morgan fingerprint density at radius 2 is 2.00 bits per heavy atom. The van der Waals surface area contributed by atoms with Gasteiger partial charge in [0.2, 0.25) is 0 Å². The normalized spacial score (nSPS) is 30.9. The molecule has 88 valence electrons. The Hall–Kier alpha value is -0.353. The first kappa shape index (κ1) is 12.7. The van der Waals surface area contributed by atoms with Gasteiger partial charge in [-0.2, -0.15) is 0 Å². The van der Waals surface area contributed by atoms with Gasteiger partial charge in [0.05, 0.1) is 18.1 Å². The van der Waals surface area contributed by atoms with E-state index < -0.39 is 13.5 Å². The summed E-state index contributed by atoms with van der Waals surface area (Å²) in [5.74, 6) is -0.133. The first-order valence-electron chi connectivity index (χ1n) is 5.58. The van der Waals surface area contributed by atoms with Crippen molar-refractivity contribution < 1.29 is 14.6 Å². The molecule has 0 heterocycles. The van der Waals surface area contributed by atoms with Crippen LogP contribution in [0.2, 0.25) is 25.7 Å². The van der Waals surface area contributed by atoms with Crippen molar-refractivity contribution in [3.63, 3.8) is 0 Å². The van der Waals surface area contributed by atoms with Gasteiger partial charge in [0.15, 0.2) is 0 Å². The third kappa shape index (κ3) is 3.61. The van der Waals surface area contributed by atoms with Crippen molar-refractivity contribution in [2.24, 2.45) is 5.41 Å². The van der Waals surface area contributed by atoms with Crippen LogP contribution in [-0.4, -0.2) is 31.9 Å². The first-order valence-corrected chi connectivity index (χ1v) is 9.29. The monoisotopic (exact) mass is 230 g/mol. The van der Waals surface area contributed by atoms with E-state index in [1.807, 2.05) is 6.92 Å². The van der Waals surface area contributed by atoms with Crippen LogP contribution in [0.5, 0.6) is 0 Å². The van der Waals surface area contributed by atoms with Crippen LogP contribution in [0, 0.1) is 5.41 Å². The maximum atomic E-state index is 11.7. The summed E-state index contributed by atoms with van der Waals surface area (Å²) in [6.07, 6.45) is 0.803. The van der Waals surface area contributed by atoms with Crippen molar-refractivity contribution in [1.29, 1.82) is 0 Å². The highest BCUT2D eigenvalue weighted by atomic mass is 28.3. The molecule has 0 bridgehead atoms. The van der Waals surface area contributed by atoms with Crippen LogP contribution < -0.4 is 0 Å². The number of esters is 1. The molecule has 0 radical (unpaired) electrons. The largest absolute Gasteiger partial charge is 0.466 e. The average molecular weight is 230 g/mol. The number of aliphatic hydroxyl groups is 1. The fourth-order valence-electron chi connectivity index (χ4n) is 1.77. The molecule has 4 heteroatoms. The Balaban J connectivity index is 2.25. The second kappa shape index (κ2) is 4.26. The Morgan fingerprint density at radius 1 is 1.47 bits per heavy atom. The quantitative estimate of drug-likeness (QED) is 0.594. The lowest BCUT2D eigenvalue weighted by molar-refractivity contribution is -0.167. The SMILES string of the molecule is CC1(C(=O)OCC[Si](C)(C)C)CC(O)C1. The molecule has 15 heavy (non-hydrogen) atoms. The third-order valence-electron chi connectivity index (χ3n) is 2.95. The molecule has 1 aliphatic carbocycles. The van der Waals surface area contributed by atoms with Crippen LogP contribution in [0.1, 0.15) is 19.8 Å². The number of rotatable bonds is 4. The second-order valence-corrected chi connectivity index (χ2v) is 11.7. The molecule has 0 amide bonds. The maximum absolute atomic E-state index is 11.7. The number of ether oxygens (including phenoxy) is 1. The van der Waals surface area contributed by atoms with E-state index in [-0.39, 0.29) is 12.1 Å². The van der Waals surface area contributed by atoms with Gasteiger partial charge >= 0.3 is 5.97 Å². The minimum Gasteiger partial charge on any atom is -0.466 e. The van der Waals surface area contributed by atoms with Crippen LogP contribution in [-0.2, 0) is 9.53 Å². The highest BCUT2D eigenvalue weighted by molar-refractivity contribution is 6.76. The van der Waals surface area contributed by atoms with E-state index in [1.54, 1.807) is 0 Å². The van der Waals surface area contributed by atoms with Gasteiger partial charge in [-0.3, -0.25) is 4.79 Å². The van der Waals surface area contributed by atoms with E-state index in [0.717, 1.165) is 6.04 Å². The second-order valence-electron chi connectivity index (χ2n) is 6.07. The standard InChI is InChI=1S/C11H22O3Si/c1-11(7-9(12)8-11)10(13)14-5-6-15(2,3)4/h9,12H,5-8H2,1-4H3. The summed E-state index contributed by atoms with van der Waals surface area (Å²) in [7, 11) is -1.12. The van der Waals surface area contributed by atoms with Crippen LogP contribution in [0.15, 0.2) is 0 Å². The molecular weight excluding hydrogens is 208 g/mol. The fraction of sp³-hybridized carbons (Fsp3) is 0.909. The summed E-state index contributed by atoms with van der Waals surface area (Å²) in [6, 6.07) is 1.01. The maximum Gasteiger partial charge on any atom is 0.311 e. The van der Waals surface area contributed by atoms with Gasteiger partial charge in [-0.05, 0) is 25.8 Å². The molecule has 1 fully saturated rings. The van der Waals surface area contributed by atoms with Crippen LogP contribution in [0.25, 0.3) is 0 Å². The van der Waals surface area contributed by atoms with Crippen LogP contribution in [0.4, 0.5) is 0 Å². The minimum atomic E-state index is -1.12. The third-order valence-corrected chi connectivity index (χ3v) is 4.65. The molecular formula is C11H22O3Si. The zero-order valence-electron chi connectivity index (χ0n) is 10.2. The molecule has 0 aromatic rings. The van der Waals surface area contributed by atoms with E-state index in [2.05, 4.69) is 19.6 Å². The molecule has 0 unspecified atom stereocenters. The molecule has 0 saturated heterocycles. The summed E-state index contributed by atoms with van der Waals surface area (Å²) in [4.78, 5) is 11.7. The van der Waals surface area contributed by atoms with Crippen molar-refractivity contribution in [2.75, 3.05) is 6.61 Å². The first-order chi connectivity index (χ1) is 6.73. The zero-order chi connectivity index (χ0) is 11.7. The summed E-state index contributed by atoms with van der Waals surface area (Å²) < 4.78 is 5.26. The van der Waals surface area contributed by atoms with E-state index in [9.17, 15) is 9.90 Å². The number of aliphatic hydroxyl groups excluding tert-OH is 1. The van der Waals surface area contributed by atoms with Crippen molar-refractivity contribution in [3.8, 4) is 0 Å². The molecule has 0 aliphatic heterocycles. The molecule has 3 nitrogen and oxygen atoms in total. The lowest BCUT2D eigenvalue weighted by atomic mass is 9.68. The van der Waals surface area contributed by atoms with Gasteiger partial charge in [0.25, 0.3) is 0 Å². The predicted octanol–water partition coefficient (Wildman–Crippen LogP) is 2.03. The Bertz CT molecular complexity index is 239. The van der Waals surface area contributed by atoms with E-state index in [0.29, 0.717) is 19.4 Å². The van der Waals surface area contributed by atoms with Crippen molar-refractivity contribution in [1.82, 2.24) is 0 Å². The topological polar surface area (TPSA) is 46.5 Å². The van der Waals surface area contributed by atoms with Gasteiger partial charge in [0, 0.05) is 8.07 Å². The molecule has 0 spiro atoms. The van der Waals surface area contributed by atoms with Gasteiger partial charge < -0.3 is 9.84 Å². The molecule has 1 rings (SSSR count). The number of carbonyl (C=O) groups is 1. The van der Waals surface area contributed by atoms with Crippen molar-refractivity contribution in [2.45, 2.75) is 51.6 Å². The van der Waals surface area contributed by atoms with Crippen molar-refractivity contribution >= 4 is 14.0 Å². The number of carbonyl (C=O) groups excluding carboxylic acids is 1. The zero-order valence-corrected chi connectivity index (χ0v) is 11.2. The van der Waals surface area contributed by atoms with Gasteiger partial charge in [-0.15, -0.1) is 0 Å². The smallest absolute Gasteiger partial charge is 0.311 e. The highest BCUT2D eigenvalue weighted by Crippen LogP contribution is 2.41. The lowest BCUT2D eigenvalue weighted by Gasteiger charge is -2.39. The van der Waals surface area contributed by atoms with Crippen LogP contribution >= 0.6 is 0 Å². The van der Waals surface area contributed by atoms with Gasteiger partial charge in [0.1, 0.15) is 0 Å². The highest BCUT2D eigenvalue weighted by Gasteiger charge is 2.46. The van der Waals surface area contributed by atoms with Crippen LogP contribution in [0.3, 0.4) is 0 Å². The van der Waals surface area contributed by atoms with E-state index in [4.69, 9.17) is 4.74 Å². The fourth-order valence-corrected chi connectivity index (χ4v) is 2.49. The summed E-state index contributed by atoms with van der Waals surface area (Å²) in [5.41, 5.74) is -0.418. The molecule has 0 aromatic heterocycles. The Labute approximate surface area is 92.8 Å². The molecule has 1 aliphatic rings. The predicted molar refractivity (Wildman–Crippen MR) is 62.5 cm³/mol. The number of hydrogen-bond donors (Lipinski definition) is 1. The molecule has 1 N–H and O–H groups in total. The summed E-state index contributed by atoms with van der Waals surface area (Å²) in [5, 5.41) is 9.19. The molecule has 0 atom stereocenters. The van der Waals surface area contributed by atoms with E-state index in [1.165, 1.54) is 0 Å². The summed E-state index contributed by atoms with van der Waals surface area (Å²) >= 11 is 0.